The van der Waals surface area contributed by atoms with Crippen molar-refractivity contribution in [1.29, 1.82) is 0 Å². The van der Waals surface area contributed by atoms with Crippen molar-refractivity contribution >= 4 is 20.0 Å². The Balaban J connectivity index is 0.00000218. The minimum atomic E-state index is -0.443. The van der Waals surface area contributed by atoms with E-state index in [1.165, 1.54) is 16.4 Å². The van der Waals surface area contributed by atoms with Gasteiger partial charge in [0, 0.05) is 32.7 Å². The van der Waals surface area contributed by atoms with Crippen molar-refractivity contribution in [2.24, 2.45) is 0 Å². The van der Waals surface area contributed by atoms with Crippen molar-refractivity contribution in [1.82, 2.24) is 10.2 Å². The lowest BCUT2D eigenvalue weighted by Gasteiger charge is -2.40. The Morgan fingerprint density at radius 1 is 1.35 bits per heavy atom. The number of hydrogen-bond acceptors (Lipinski definition) is 4. The van der Waals surface area contributed by atoms with E-state index in [1.54, 1.807) is 12.0 Å². The van der Waals surface area contributed by atoms with E-state index < -0.39 is 5.60 Å². The molecule has 1 saturated heterocycles. The van der Waals surface area contributed by atoms with Crippen molar-refractivity contribution in [3.05, 3.63) is 23.3 Å². The Morgan fingerprint density at radius 3 is 2.46 bits per heavy atom. The van der Waals surface area contributed by atoms with Gasteiger partial charge in [0.2, 0.25) is 0 Å². The lowest BCUT2D eigenvalue weighted by atomic mass is 10.1. The topological polar surface area (TPSA) is 50.8 Å². The van der Waals surface area contributed by atoms with Gasteiger partial charge in [-0.3, -0.25) is 0 Å². The molecular weight excluding hydrogens is 347 g/mol. The van der Waals surface area contributed by atoms with Gasteiger partial charge < -0.3 is 19.7 Å². The Labute approximate surface area is 162 Å². The first-order valence-electron chi connectivity index (χ1n) is 9.30. The number of rotatable bonds is 5. The minimum absolute atomic E-state index is 0. The lowest BCUT2D eigenvalue weighted by Crippen LogP contribution is -2.60. The van der Waals surface area contributed by atoms with Crippen molar-refractivity contribution in [3.63, 3.8) is 0 Å². The van der Waals surface area contributed by atoms with Crippen LogP contribution in [0.25, 0.3) is 0 Å². The number of benzene rings is 1. The molecule has 0 bridgehead atoms. The molecule has 1 fully saturated rings. The molecule has 1 atom stereocenters. The molecule has 0 saturated carbocycles. The normalized spacial score (nSPS) is 14.7. The van der Waals surface area contributed by atoms with E-state index in [0.29, 0.717) is 19.1 Å². The van der Waals surface area contributed by atoms with E-state index >= 15 is 0 Å². The predicted octanol–water partition coefficient (Wildman–Crippen LogP) is 3.92. The monoisotopic (exact) mass is 384 g/mol. The summed E-state index contributed by atoms with van der Waals surface area (Å²) in [7, 11) is 2.48. The van der Waals surface area contributed by atoms with E-state index in [4.69, 9.17) is 9.47 Å². The van der Waals surface area contributed by atoms with Crippen LogP contribution in [0.4, 0.5) is 4.79 Å². The Morgan fingerprint density at radius 2 is 1.96 bits per heavy atom. The molecule has 0 aromatic heterocycles. The molecule has 0 aliphatic carbocycles. The quantitative estimate of drug-likeness (QED) is 0.782. The van der Waals surface area contributed by atoms with Gasteiger partial charge in [-0.1, -0.05) is 28.5 Å². The highest BCUT2D eigenvalue weighted by molar-refractivity contribution is 7.46. The highest BCUT2D eigenvalue weighted by atomic mass is 31.1. The van der Waals surface area contributed by atoms with Crippen LogP contribution in [-0.2, 0) is 11.3 Å². The fourth-order valence-electron chi connectivity index (χ4n) is 2.67. The molecule has 26 heavy (non-hydrogen) atoms. The molecule has 1 N–H and O–H groups in total. The molecule has 1 unspecified atom stereocenters. The average molecular weight is 385 g/mol. The number of aryl methyl sites for hydroxylation is 1. The molecule has 0 spiro atoms. The number of nitrogens with one attached hydrogen (secondary N) is 1. The zero-order chi connectivity index (χ0) is 19.9. The van der Waals surface area contributed by atoms with Gasteiger partial charge >= 0.3 is 6.09 Å². The SMILES string of the molecule is CC.COc1cc(PC)cc(C)c1CNC1CN(C(=O)OC(C)(C)C)C1.[HH]. The van der Waals surface area contributed by atoms with Gasteiger partial charge in [0.05, 0.1) is 7.11 Å². The summed E-state index contributed by atoms with van der Waals surface area (Å²) in [6.07, 6.45) is -0.234. The van der Waals surface area contributed by atoms with Crippen LogP contribution in [0.3, 0.4) is 0 Å². The maximum atomic E-state index is 11.9. The Hall–Kier alpha value is -1.32. The standard InChI is InChI=1S/C18H29N2O3P.C2H6.H2/c1-12-7-14(24-6)8-16(22-5)15(12)9-19-13-10-20(11-13)17(21)23-18(2,3)4;1-2;/h7-8,13,19,24H,9-11H2,1-6H3;1-2H3;1H. The van der Waals surface area contributed by atoms with Crippen molar-refractivity contribution < 1.29 is 15.7 Å². The molecule has 1 heterocycles. The van der Waals surface area contributed by atoms with Crippen molar-refractivity contribution in [2.75, 3.05) is 26.9 Å². The van der Waals surface area contributed by atoms with Gasteiger partial charge in [-0.2, -0.15) is 0 Å². The molecular formula is C20H37N2O3P. The first-order chi connectivity index (χ1) is 12.2. The number of ether oxygens (including phenoxy) is 2. The summed E-state index contributed by atoms with van der Waals surface area (Å²) in [6.45, 7) is 16.1. The van der Waals surface area contributed by atoms with Gasteiger partial charge in [0.15, 0.2) is 0 Å². The largest absolute Gasteiger partial charge is 0.496 e. The van der Waals surface area contributed by atoms with Crippen molar-refractivity contribution in [2.45, 2.75) is 59.7 Å². The Kier molecular flexibility index (Phi) is 8.85. The Bertz CT molecular complexity index is 600. The third kappa shape index (κ3) is 6.44. The maximum absolute atomic E-state index is 11.9. The van der Waals surface area contributed by atoms with Crippen LogP contribution in [0.15, 0.2) is 12.1 Å². The molecule has 150 valence electrons. The van der Waals surface area contributed by atoms with Crippen LogP contribution >= 0.6 is 8.58 Å². The third-order valence-electron chi connectivity index (χ3n) is 4.04. The molecule has 1 aromatic carbocycles. The number of carbonyl (C=O) groups is 1. The average Bonchev–Trinajstić information content (AvgIpc) is 2.54. The first kappa shape index (κ1) is 22.7. The van der Waals surface area contributed by atoms with Crippen molar-refractivity contribution in [3.8, 4) is 5.75 Å². The molecule has 1 aliphatic rings. The highest BCUT2D eigenvalue weighted by Crippen LogP contribution is 2.24. The fraction of sp³-hybridized carbons (Fsp3) is 0.650. The molecule has 6 heteroatoms. The smallest absolute Gasteiger partial charge is 0.410 e. The highest BCUT2D eigenvalue weighted by Gasteiger charge is 2.33. The number of carbonyl (C=O) groups excluding carboxylic acids is 1. The minimum Gasteiger partial charge on any atom is -0.496 e. The summed E-state index contributed by atoms with van der Waals surface area (Å²) < 4.78 is 10.9. The second-order valence-electron chi connectivity index (χ2n) is 7.19. The van der Waals surface area contributed by atoms with E-state index in [1.807, 2.05) is 34.6 Å². The number of amides is 1. The summed E-state index contributed by atoms with van der Waals surface area (Å²) in [5, 5.41) is 4.82. The van der Waals surface area contributed by atoms with Gasteiger partial charge in [-0.05, 0) is 51.3 Å². The van der Waals surface area contributed by atoms with Gasteiger partial charge in [-0.25, -0.2) is 4.79 Å². The van der Waals surface area contributed by atoms with Crippen LogP contribution in [0, 0.1) is 6.92 Å². The molecule has 1 aromatic rings. The summed E-state index contributed by atoms with van der Waals surface area (Å²) >= 11 is 0. The summed E-state index contributed by atoms with van der Waals surface area (Å²) in [6, 6.07) is 4.65. The van der Waals surface area contributed by atoms with Gasteiger partial charge in [0.1, 0.15) is 11.4 Å². The van der Waals surface area contributed by atoms with E-state index in [0.717, 1.165) is 20.9 Å². The second kappa shape index (κ2) is 10.1. The molecule has 0 radical (unpaired) electrons. The summed E-state index contributed by atoms with van der Waals surface area (Å²) in [4.78, 5) is 13.7. The van der Waals surface area contributed by atoms with Gasteiger partial charge in [0.25, 0.3) is 0 Å². The van der Waals surface area contributed by atoms with E-state index in [2.05, 4.69) is 31.0 Å². The van der Waals surface area contributed by atoms with E-state index in [9.17, 15) is 4.79 Å². The van der Waals surface area contributed by atoms with Crippen LogP contribution in [0.5, 0.6) is 5.75 Å². The number of hydrogen-bond donors (Lipinski definition) is 1. The number of likely N-dealkylation sites (tertiary alicyclic amines) is 1. The van der Waals surface area contributed by atoms with Gasteiger partial charge in [-0.15, -0.1) is 0 Å². The summed E-state index contributed by atoms with van der Waals surface area (Å²) in [5.41, 5.74) is 1.99. The second-order valence-corrected chi connectivity index (χ2v) is 8.26. The zero-order valence-electron chi connectivity index (χ0n) is 17.5. The molecule has 1 amide bonds. The first-order valence-corrected chi connectivity index (χ1v) is 10.8. The van der Waals surface area contributed by atoms with Crippen LogP contribution in [-0.4, -0.2) is 49.5 Å². The molecule has 2 rings (SSSR count). The van der Waals surface area contributed by atoms with E-state index in [-0.39, 0.29) is 7.52 Å². The molecule has 1 aliphatic heterocycles. The number of methoxy groups -OCH3 is 1. The van der Waals surface area contributed by atoms with Crippen LogP contribution < -0.4 is 15.4 Å². The lowest BCUT2D eigenvalue weighted by molar-refractivity contribution is 0.00516. The fourth-order valence-corrected chi connectivity index (χ4v) is 3.30. The van der Waals surface area contributed by atoms with Crippen LogP contribution in [0.1, 0.15) is 47.2 Å². The maximum Gasteiger partial charge on any atom is 0.410 e. The van der Waals surface area contributed by atoms with Crippen LogP contribution in [0.2, 0.25) is 0 Å². The predicted molar refractivity (Wildman–Crippen MR) is 114 cm³/mol. The zero-order valence-corrected chi connectivity index (χ0v) is 18.5. The number of nitrogens with zero attached hydrogens (tertiary/aromatic N) is 1. The summed E-state index contributed by atoms with van der Waals surface area (Å²) in [5.74, 6) is 0.940. The molecule has 5 nitrogen and oxygen atoms in total. The third-order valence-corrected chi connectivity index (χ3v) is 4.91.